The van der Waals surface area contributed by atoms with E-state index in [0.29, 0.717) is 22.7 Å². The standard InChI is InChI=1S/C29H26N2O3S/c1-20-8-10-22(11-9-20)29(33)31-24-14-18-27(19-15-24)35-21(2)28(32)30-23-12-16-26(17-13-23)34-25-6-4-3-5-7-25/h3-19,21H,1-2H3,(H,30,32)(H,31,33). The number of para-hydroxylation sites is 1. The molecule has 1 atom stereocenters. The normalized spacial score (nSPS) is 11.4. The number of carbonyl (C=O) groups excluding carboxylic acids is 2. The Morgan fingerprint density at radius 2 is 1.29 bits per heavy atom. The van der Waals surface area contributed by atoms with E-state index in [9.17, 15) is 9.59 Å². The lowest BCUT2D eigenvalue weighted by molar-refractivity contribution is -0.115. The molecule has 4 aromatic carbocycles. The van der Waals surface area contributed by atoms with Crippen LogP contribution in [-0.4, -0.2) is 17.1 Å². The smallest absolute Gasteiger partial charge is 0.255 e. The van der Waals surface area contributed by atoms with Crippen LogP contribution in [-0.2, 0) is 4.79 Å². The number of amides is 2. The van der Waals surface area contributed by atoms with Gasteiger partial charge in [0.05, 0.1) is 5.25 Å². The zero-order valence-corrected chi connectivity index (χ0v) is 20.3. The van der Waals surface area contributed by atoms with E-state index >= 15 is 0 Å². The maximum absolute atomic E-state index is 12.7. The van der Waals surface area contributed by atoms with Crippen molar-refractivity contribution >= 4 is 35.0 Å². The lowest BCUT2D eigenvalue weighted by Gasteiger charge is -2.13. The number of anilines is 2. The highest BCUT2D eigenvalue weighted by Gasteiger charge is 2.15. The average Bonchev–Trinajstić information content (AvgIpc) is 2.87. The Morgan fingerprint density at radius 3 is 1.94 bits per heavy atom. The molecule has 0 heterocycles. The quantitative estimate of drug-likeness (QED) is 0.262. The average molecular weight is 483 g/mol. The minimum atomic E-state index is -0.303. The van der Waals surface area contributed by atoms with Crippen LogP contribution in [0.4, 0.5) is 11.4 Å². The molecule has 0 saturated carbocycles. The Morgan fingerprint density at radius 1 is 0.714 bits per heavy atom. The molecule has 2 N–H and O–H groups in total. The maximum atomic E-state index is 12.7. The third kappa shape index (κ3) is 6.98. The van der Waals surface area contributed by atoms with Gasteiger partial charge < -0.3 is 15.4 Å². The first kappa shape index (κ1) is 24.1. The fourth-order valence-corrected chi connectivity index (χ4v) is 4.12. The Kier molecular flexibility index (Phi) is 7.85. The summed E-state index contributed by atoms with van der Waals surface area (Å²) in [6.45, 7) is 3.84. The van der Waals surface area contributed by atoms with Crippen LogP contribution in [0.5, 0.6) is 11.5 Å². The van der Waals surface area contributed by atoms with E-state index in [0.717, 1.165) is 16.2 Å². The van der Waals surface area contributed by atoms with Crippen molar-refractivity contribution in [3.63, 3.8) is 0 Å². The molecule has 0 saturated heterocycles. The van der Waals surface area contributed by atoms with E-state index in [1.165, 1.54) is 11.8 Å². The number of ether oxygens (including phenoxy) is 1. The number of aryl methyl sites for hydroxylation is 1. The summed E-state index contributed by atoms with van der Waals surface area (Å²) < 4.78 is 5.79. The number of hydrogen-bond donors (Lipinski definition) is 2. The summed E-state index contributed by atoms with van der Waals surface area (Å²) in [5.74, 6) is 1.21. The molecular weight excluding hydrogens is 456 g/mol. The summed E-state index contributed by atoms with van der Waals surface area (Å²) in [4.78, 5) is 26.0. The fraction of sp³-hybridized carbons (Fsp3) is 0.103. The van der Waals surface area contributed by atoms with Crippen LogP contribution in [0.2, 0.25) is 0 Å². The van der Waals surface area contributed by atoms with Crippen molar-refractivity contribution in [1.82, 2.24) is 0 Å². The van der Waals surface area contributed by atoms with E-state index in [2.05, 4.69) is 10.6 Å². The van der Waals surface area contributed by atoms with Gasteiger partial charge in [-0.2, -0.15) is 0 Å². The Balaban J connectivity index is 1.28. The number of carbonyl (C=O) groups is 2. The lowest BCUT2D eigenvalue weighted by atomic mass is 10.1. The van der Waals surface area contributed by atoms with Crippen LogP contribution >= 0.6 is 11.8 Å². The lowest BCUT2D eigenvalue weighted by Crippen LogP contribution is -2.22. The minimum Gasteiger partial charge on any atom is -0.457 e. The molecule has 176 valence electrons. The van der Waals surface area contributed by atoms with E-state index in [-0.39, 0.29) is 17.1 Å². The van der Waals surface area contributed by atoms with Crippen LogP contribution in [0.15, 0.2) is 108 Å². The van der Waals surface area contributed by atoms with Crippen molar-refractivity contribution in [2.75, 3.05) is 10.6 Å². The van der Waals surface area contributed by atoms with Gasteiger partial charge in [0.25, 0.3) is 5.91 Å². The van der Waals surface area contributed by atoms with E-state index in [1.807, 2.05) is 105 Å². The molecule has 0 spiro atoms. The van der Waals surface area contributed by atoms with Gasteiger partial charge >= 0.3 is 0 Å². The number of thioether (sulfide) groups is 1. The van der Waals surface area contributed by atoms with Crippen molar-refractivity contribution in [1.29, 1.82) is 0 Å². The summed E-state index contributed by atoms with van der Waals surface area (Å²) in [5, 5.41) is 5.53. The number of nitrogens with one attached hydrogen (secondary N) is 2. The van der Waals surface area contributed by atoms with E-state index < -0.39 is 0 Å². The predicted octanol–water partition coefficient (Wildman–Crippen LogP) is 7.16. The molecule has 5 nitrogen and oxygen atoms in total. The first-order valence-electron chi connectivity index (χ1n) is 11.2. The summed E-state index contributed by atoms with van der Waals surface area (Å²) in [6.07, 6.45) is 0. The zero-order valence-electron chi connectivity index (χ0n) is 19.5. The first-order chi connectivity index (χ1) is 17.0. The van der Waals surface area contributed by atoms with Gasteiger partial charge in [-0.1, -0.05) is 35.9 Å². The molecular formula is C29H26N2O3S. The van der Waals surface area contributed by atoms with Crippen LogP contribution in [0.25, 0.3) is 0 Å². The third-order valence-corrected chi connectivity index (χ3v) is 6.32. The second kappa shape index (κ2) is 11.4. The second-order valence-corrected chi connectivity index (χ2v) is 9.45. The summed E-state index contributed by atoms with van der Waals surface area (Å²) in [7, 11) is 0. The van der Waals surface area contributed by atoms with Gasteiger partial charge in [-0.05, 0) is 86.6 Å². The molecule has 0 radical (unpaired) electrons. The molecule has 0 aliphatic rings. The Hall–Kier alpha value is -4.03. The highest BCUT2D eigenvalue weighted by Crippen LogP contribution is 2.27. The van der Waals surface area contributed by atoms with Crippen LogP contribution < -0.4 is 15.4 Å². The van der Waals surface area contributed by atoms with Gasteiger partial charge in [-0.3, -0.25) is 9.59 Å². The van der Waals surface area contributed by atoms with Crippen molar-refractivity contribution < 1.29 is 14.3 Å². The summed E-state index contributed by atoms with van der Waals surface area (Å²) in [5.41, 5.74) is 3.13. The second-order valence-electron chi connectivity index (χ2n) is 8.03. The Bertz CT molecular complexity index is 1270. The molecule has 0 aliphatic heterocycles. The fourth-order valence-electron chi connectivity index (χ4n) is 3.26. The highest BCUT2D eigenvalue weighted by molar-refractivity contribution is 8.00. The number of hydrogen-bond acceptors (Lipinski definition) is 4. The zero-order chi connectivity index (χ0) is 24.6. The monoisotopic (exact) mass is 482 g/mol. The van der Waals surface area contributed by atoms with E-state index in [1.54, 1.807) is 12.1 Å². The van der Waals surface area contributed by atoms with Crippen LogP contribution in [0, 0.1) is 6.92 Å². The van der Waals surface area contributed by atoms with Crippen molar-refractivity contribution in [2.45, 2.75) is 24.0 Å². The van der Waals surface area contributed by atoms with Gasteiger partial charge in [0.1, 0.15) is 11.5 Å². The molecule has 6 heteroatoms. The molecule has 0 bridgehead atoms. The number of rotatable bonds is 8. The summed E-state index contributed by atoms with van der Waals surface area (Å²) in [6, 6.07) is 31.7. The van der Waals surface area contributed by atoms with Gasteiger partial charge in [-0.15, -0.1) is 11.8 Å². The maximum Gasteiger partial charge on any atom is 0.255 e. The van der Waals surface area contributed by atoms with E-state index in [4.69, 9.17) is 4.74 Å². The number of benzene rings is 4. The third-order valence-electron chi connectivity index (χ3n) is 5.21. The topological polar surface area (TPSA) is 67.4 Å². The molecule has 2 amide bonds. The van der Waals surface area contributed by atoms with Crippen molar-refractivity contribution in [2.24, 2.45) is 0 Å². The molecule has 4 rings (SSSR count). The van der Waals surface area contributed by atoms with Gasteiger partial charge in [0, 0.05) is 21.8 Å². The van der Waals surface area contributed by atoms with Gasteiger partial charge in [-0.25, -0.2) is 0 Å². The molecule has 1 unspecified atom stereocenters. The predicted molar refractivity (Wildman–Crippen MR) is 142 cm³/mol. The Labute approximate surface area is 209 Å². The first-order valence-corrected chi connectivity index (χ1v) is 12.1. The van der Waals surface area contributed by atoms with Gasteiger partial charge in [0.2, 0.25) is 5.91 Å². The molecule has 35 heavy (non-hydrogen) atoms. The molecule has 0 aromatic heterocycles. The SMILES string of the molecule is Cc1ccc(C(=O)Nc2ccc(SC(C)C(=O)Nc3ccc(Oc4ccccc4)cc3)cc2)cc1. The minimum absolute atomic E-state index is 0.0940. The molecule has 4 aromatic rings. The molecule has 0 fully saturated rings. The van der Waals surface area contributed by atoms with Gasteiger partial charge in [0.15, 0.2) is 0 Å². The summed E-state index contributed by atoms with van der Waals surface area (Å²) >= 11 is 1.45. The van der Waals surface area contributed by atoms with Crippen molar-refractivity contribution in [3.05, 3.63) is 114 Å². The van der Waals surface area contributed by atoms with Crippen molar-refractivity contribution in [3.8, 4) is 11.5 Å². The molecule has 0 aliphatic carbocycles. The largest absolute Gasteiger partial charge is 0.457 e. The van der Waals surface area contributed by atoms with Crippen LogP contribution in [0.3, 0.4) is 0 Å². The van der Waals surface area contributed by atoms with Crippen LogP contribution in [0.1, 0.15) is 22.8 Å². The highest BCUT2D eigenvalue weighted by atomic mass is 32.2.